The van der Waals surface area contributed by atoms with Gasteiger partial charge < -0.3 is 19.5 Å². The molecule has 1 atom stereocenters. The Morgan fingerprint density at radius 1 is 1.06 bits per heavy atom. The van der Waals surface area contributed by atoms with Gasteiger partial charge in [-0.2, -0.15) is 0 Å². The molecule has 0 aliphatic rings. The topological polar surface area (TPSA) is 85.9 Å². The van der Waals surface area contributed by atoms with E-state index in [0.717, 1.165) is 18.4 Å². The second-order valence-corrected chi connectivity index (χ2v) is 9.56. The number of rotatable bonds is 15. The van der Waals surface area contributed by atoms with Gasteiger partial charge in [0.1, 0.15) is 12.4 Å². The number of sulfonamides is 1. The monoisotopic (exact) mass is 482 g/mol. The zero-order valence-electron chi connectivity index (χ0n) is 19.8. The second kappa shape index (κ2) is 13.5. The van der Waals surface area contributed by atoms with Crippen LogP contribution in [0.3, 0.4) is 0 Å². The van der Waals surface area contributed by atoms with Crippen molar-refractivity contribution in [1.29, 1.82) is 0 Å². The first-order valence-corrected chi connectivity index (χ1v) is 12.6. The lowest BCUT2D eigenvalue weighted by Crippen LogP contribution is -2.32. The average molecular weight is 483 g/mol. The van der Waals surface area contributed by atoms with Gasteiger partial charge in [-0.25, -0.2) is 17.5 Å². The van der Waals surface area contributed by atoms with Crippen molar-refractivity contribution in [3.8, 4) is 11.5 Å². The molecule has 33 heavy (non-hydrogen) atoms. The van der Waals surface area contributed by atoms with Gasteiger partial charge in [0.2, 0.25) is 10.0 Å². The summed E-state index contributed by atoms with van der Waals surface area (Å²) in [5, 5.41) is 3.34. The van der Waals surface area contributed by atoms with Crippen LogP contribution in [0.5, 0.6) is 11.5 Å². The zero-order valence-corrected chi connectivity index (χ0v) is 20.6. The van der Waals surface area contributed by atoms with Crippen molar-refractivity contribution in [3.05, 3.63) is 53.3 Å². The van der Waals surface area contributed by atoms with Crippen LogP contribution in [0.25, 0.3) is 0 Å². The molecule has 0 aliphatic carbocycles. The summed E-state index contributed by atoms with van der Waals surface area (Å²) < 4.78 is 57.8. The Morgan fingerprint density at radius 2 is 1.85 bits per heavy atom. The van der Waals surface area contributed by atoms with Gasteiger partial charge >= 0.3 is 0 Å². The van der Waals surface area contributed by atoms with Crippen LogP contribution < -0.4 is 19.5 Å². The molecule has 2 aromatic rings. The van der Waals surface area contributed by atoms with Crippen LogP contribution in [-0.2, 0) is 27.8 Å². The fourth-order valence-electron chi connectivity index (χ4n) is 3.37. The molecule has 0 saturated carbocycles. The third-order valence-electron chi connectivity index (χ3n) is 5.06. The summed E-state index contributed by atoms with van der Waals surface area (Å²) in [5.74, 6) is 0.437. The van der Waals surface area contributed by atoms with Gasteiger partial charge in [0, 0.05) is 32.3 Å². The molecule has 0 spiro atoms. The summed E-state index contributed by atoms with van der Waals surface area (Å²) in [5.41, 5.74) is 1.53. The molecule has 184 valence electrons. The van der Waals surface area contributed by atoms with Crippen LogP contribution in [0.15, 0.2) is 41.3 Å². The molecule has 7 nitrogen and oxygen atoms in total. The fourth-order valence-corrected chi connectivity index (χ4v) is 4.71. The molecule has 2 aromatic carbocycles. The third kappa shape index (κ3) is 8.58. The first-order chi connectivity index (χ1) is 15.8. The lowest BCUT2D eigenvalue weighted by Gasteiger charge is -2.17. The smallest absolute Gasteiger partial charge is 0.240 e. The van der Waals surface area contributed by atoms with Crippen LogP contribution in [0.4, 0.5) is 4.39 Å². The Kier molecular flexibility index (Phi) is 11.1. The summed E-state index contributed by atoms with van der Waals surface area (Å²) >= 11 is 0. The standard InChI is InChI=1S/C24H35FN2O5S/c1-5-6-11-27-33(28,29)24-15-19(7-8-20(24)17-30-3)14-18(2)26-12-13-32-23-16-21(25)9-10-22(23)31-4/h7-10,15-16,18,26-27H,5-6,11-14,17H2,1-4H3. The van der Waals surface area contributed by atoms with Crippen molar-refractivity contribution < 1.29 is 27.0 Å². The quantitative estimate of drug-likeness (QED) is 0.377. The first kappa shape index (κ1) is 27.0. The highest BCUT2D eigenvalue weighted by atomic mass is 32.2. The SMILES string of the molecule is CCCCNS(=O)(=O)c1cc(CC(C)NCCOc2cc(F)ccc2OC)ccc1COC. The minimum atomic E-state index is -3.62. The molecule has 9 heteroatoms. The molecule has 0 heterocycles. The van der Waals surface area contributed by atoms with Crippen LogP contribution in [0.2, 0.25) is 0 Å². The van der Waals surface area contributed by atoms with Crippen LogP contribution in [0.1, 0.15) is 37.8 Å². The minimum Gasteiger partial charge on any atom is -0.493 e. The van der Waals surface area contributed by atoms with Crippen molar-refractivity contribution in [2.45, 2.75) is 50.7 Å². The van der Waals surface area contributed by atoms with E-state index >= 15 is 0 Å². The molecule has 0 fully saturated rings. The van der Waals surface area contributed by atoms with Crippen molar-refractivity contribution in [2.24, 2.45) is 0 Å². The highest BCUT2D eigenvalue weighted by Gasteiger charge is 2.19. The van der Waals surface area contributed by atoms with E-state index in [0.29, 0.717) is 43.2 Å². The fraction of sp³-hybridized carbons (Fsp3) is 0.500. The van der Waals surface area contributed by atoms with Crippen molar-refractivity contribution >= 4 is 10.0 Å². The van der Waals surface area contributed by atoms with Gasteiger partial charge in [-0.15, -0.1) is 0 Å². The molecule has 2 N–H and O–H groups in total. The largest absolute Gasteiger partial charge is 0.493 e. The highest BCUT2D eigenvalue weighted by molar-refractivity contribution is 7.89. The molecule has 1 unspecified atom stereocenters. The van der Waals surface area contributed by atoms with Gasteiger partial charge in [-0.1, -0.05) is 25.5 Å². The number of benzene rings is 2. The summed E-state index contributed by atoms with van der Waals surface area (Å²) in [7, 11) is -0.568. The molecule has 0 aliphatic heterocycles. The molecular weight excluding hydrogens is 447 g/mol. The summed E-state index contributed by atoms with van der Waals surface area (Å²) in [6.45, 7) is 5.52. The van der Waals surface area contributed by atoms with Gasteiger partial charge in [0.05, 0.1) is 18.6 Å². The Bertz CT molecular complexity index is 985. The number of ether oxygens (including phenoxy) is 3. The van der Waals surface area contributed by atoms with E-state index in [1.807, 2.05) is 19.9 Å². The van der Waals surface area contributed by atoms with Crippen LogP contribution in [-0.4, -0.2) is 48.4 Å². The van der Waals surface area contributed by atoms with E-state index in [1.165, 1.54) is 25.3 Å². The van der Waals surface area contributed by atoms with E-state index in [2.05, 4.69) is 10.0 Å². The predicted octanol–water partition coefficient (Wildman–Crippen LogP) is 3.66. The summed E-state index contributed by atoms with van der Waals surface area (Å²) in [4.78, 5) is 0.256. The Labute approximate surface area is 196 Å². The van der Waals surface area contributed by atoms with Crippen LogP contribution in [0, 0.1) is 5.82 Å². The van der Waals surface area contributed by atoms with Gasteiger partial charge in [0.15, 0.2) is 11.5 Å². The van der Waals surface area contributed by atoms with E-state index < -0.39 is 10.0 Å². The number of hydrogen-bond donors (Lipinski definition) is 2. The van der Waals surface area contributed by atoms with Crippen LogP contribution >= 0.6 is 0 Å². The highest BCUT2D eigenvalue weighted by Crippen LogP contribution is 2.27. The Balaban J connectivity index is 1.97. The number of nitrogens with one attached hydrogen (secondary N) is 2. The number of methoxy groups -OCH3 is 2. The van der Waals surface area contributed by atoms with Crippen molar-refractivity contribution in [2.75, 3.05) is 33.9 Å². The van der Waals surface area contributed by atoms with E-state index in [9.17, 15) is 12.8 Å². The van der Waals surface area contributed by atoms with Crippen molar-refractivity contribution in [3.63, 3.8) is 0 Å². The maximum Gasteiger partial charge on any atom is 0.240 e. The van der Waals surface area contributed by atoms with Gasteiger partial charge in [0.25, 0.3) is 0 Å². The first-order valence-electron chi connectivity index (χ1n) is 11.1. The normalized spacial score (nSPS) is 12.5. The predicted molar refractivity (Wildman–Crippen MR) is 127 cm³/mol. The molecule has 0 amide bonds. The van der Waals surface area contributed by atoms with Gasteiger partial charge in [-0.3, -0.25) is 0 Å². The molecule has 0 aromatic heterocycles. The molecule has 0 bridgehead atoms. The Morgan fingerprint density at radius 3 is 2.55 bits per heavy atom. The maximum atomic E-state index is 13.4. The molecule has 0 saturated heterocycles. The average Bonchev–Trinajstić information content (AvgIpc) is 2.78. The molecular formula is C24H35FN2O5S. The van der Waals surface area contributed by atoms with E-state index in [4.69, 9.17) is 14.2 Å². The second-order valence-electron chi connectivity index (χ2n) is 7.83. The third-order valence-corrected chi connectivity index (χ3v) is 6.61. The Hall–Kier alpha value is -2.20. The van der Waals surface area contributed by atoms with Gasteiger partial charge in [-0.05, 0) is 49.1 Å². The zero-order chi connectivity index (χ0) is 24.3. The number of unbranched alkanes of at least 4 members (excludes halogenated alkanes) is 1. The summed E-state index contributed by atoms with van der Waals surface area (Å²) in [6, 6.07) is 9.65. The van der Waals surface area contributed by atoms with Crippen molar-refractivity contribution in [1.82, 2.24) is 10.0 Å². The van der Waals surface area contributed by atoms with E-state index in [-0.39, 0.29) is 23.4 Å². The lowest BCUT2D eigenvalue weighted by atomic mass is 10.1. The molecule has 2 rings (SSSR count). The number of halogens is 1. The maximum absolute atomic E-state index is 13.4. The minimum absolute atomic E-state index is 0.0693. The number of hydrogen-bond acceptors (Lipinski definition) is 6. The lowest BCUT2D eigenvalue weighted by molar-refractivity contribution is 0.182. The molecule has 0 radical (unpaired) electrons. The summed E-state index contributed by atoms with van der Waals surface area (Å²) in [6.07, 6.45) is 2.32. The van der Waals surface area contributed by atoms with E-state index in [1.54, 1.807) is 19.2 Å².